The van der Waals surface area contributed by atoms with Crippen molar-refractivity contribution < 1.29 is 14.3 Å². The van der Waals surface area contributed by atoms with Gasteiger partial charge in [-0.3, -0.25) is 9.59 Å². The van der Waals surface area contributed by atoms with E-state index in [-0.39, 0.29) is 17.9 Å². The molecule has 4 rings (SSSR count). The third kappa shape index (κ3) is 3.15. The number of amides is 2. The van der Waals surface area contributed by atoms with Crippen molar-refractivity contribution in [3.8, 4) is 0 Å². The predicted octanol–water partition coefficient (Wildman–Crippen LogP) is 2.18. The van der Waals surface area contributed by atoms with Crippen LogP contribution in [0.3, 0.4) is 0 Å². The summed E-state index contributed by atoms with van der Waals surface area (Å²) in [6.07, 6.45) is 8.87. The van der Waals surface area contributed by atoms with E-state index in [1.807, 2.05) is 24.2 Å². The Labute approximate surface area is 154 Å². The third-order valence-corrected chi connectivity index (χ3v) is 6.57. The number of hydrogen-bond donors (Lipinski definition) is 1. The molecule has 2 saturated heterocycles. The Balaban J connectivity index is 1.36. The van der Waals surface area contributed by atoms with Crippen LogP contribution in [-0.2, 0) is 16.6 Å². The first-order valence-corrected chi connectivity index (χ1v) is 9.94. The molecule has 2 atom stereocenters. The Bertz CT molecular complexity index is 686. The van der Waals surface area contributed by atoms with E-state index in [1.54, 1.807) is 0 Å². The van der Waals surface area contributed by atoms with Gasteiger partial charge in [-0.25, -0.2) is 0 Å². The lowest BCUT2D eigenvalue weighted by atomic mass is 9.81. The molecule has 2 N–H and O–H groups in total. The first-order chi connectivity index (χ1) is 12.5. The monoisotopic (exact) mass is 359 g/mol. The highest BCUT2D eigenvalue weighted by molar-refractivity contribution is 5.95. The number of nitrogens with two attached hydrogens (primary N) is 1. The van der Waals surface area contributed by atoms with Gasteiger partial charge < -0.3 is 19.9 Å². The first kappa shape index (κ1) is 17.6. The van der Waals surface area contributed by atoms with Crippen molar-refractivity contribution >= 4 is 11.8 Å². The topological polar surface area (TPSA) is 77.6 Å². The first-order valence-electron chi connectivity index (χ1n) is 9.94. The maximum Gasteiger partial charge on any atom is 0.255 e. The second kappa shape index (κ2) is 7.06. The molecule has 0 aromatic carbocycles. The fourth-order valence-corrected chi connectivity index (χ4v) is 4.78. The van der Waals surface area contributed by atoms with Gasteiger partial charge >= 0.3 is 0 Å². The van der Waals surface area contributed by atoms with E-state index in [0.717, 1.165) is 44.3 Å². The molecular formula is C20H29N3O3. The predicted molar refractivity (Wildman–Crippen MR) is 97.7 cm³/mol. The van der Waals surface area contributed by atoms with E-state index >= 15 is 0 Å². The van der Waals surface area contributed by atoms with E-state index in [1.165, 1.54) is 25.0 Å². The summed E-state index contributed by atoms with van der Waals surface area (Å²) in [6, 6.07) is 1.99. The van der Waals surface area contributed by atoms with Crippen molar-refractivity contribution in [2.24, 2.45) is 18.7 Å². The summed E-state index contributed by atoms with van der Waals surface area (Å²) >= 11 is 0. The normalized spacial score (nSPS) is 27.5. The molecule has 142 valence electrons. The summed E-state index contributed by atoms with van der Waals surface area (Å²) in [6.45, 7) is 1.53. The molecule has 3 heterocycles. The number of hydrogen-bond acceptors (Lipinski definition) is 3. The van der Waals surface area contributed by atoms with Crippen molar-refractivity contribution in [3.05, 3.63) is 23.5 Å². The highest BCUT2D eigenvalue weighted by Gasteiger charge is 2.37. The van der Waals surface area contributed by atoms with E-state index in [0.29, 0.717) is 11.8 Å². The van der Waals surface area contributed by atoms with E-state index < -0.39 is 6.10 Å². The van der Waals surface area contributed by atoms with Gasteiger partial charge in [0.25, 0.3) is 5.91 Å². The maximum absolute atomic E-state index is 13.1. The maximum atomic E-state index is 13.1. The molecule has 3 aliphatic rings. The standard InChI is InChI=1S/C20H29N3O3/c1-22-10-9-15(18(22)14-3-2-4-14)20(25)23-11-7-13(8-12-23)16-5-6-17(26-16)19(21)24/h9-10,13-14,16-17H,2-8,11-12H2,1H3,(H2,21,24)/t16-,17+/m0/s1. The SMILES string of the molecule is Cn1ccc(C(=O)N2CCC([C@@H]3CC[C@H](C(N)=O)O3)CC2)c1C1CCC1. The second-order valence-electron chi connectivity index (χ2n) is 8.13. The zero-order valence-electron chi connectivity index (χ0n) is 15.5. The van der Waals surface area contributed by atoms with Crippen molar-refractivity contribution in [1.29, 1.82) is 0 Å². The van der Waals surface area contributed by atoms with Gasteiger partial charge in [0.2, 0.25) is 5.91 Å². The number of aromatic nitrogens is 1. The largest absolute Gasteiger partial charge is 0.367 e. The summed E-state index contributed by atoms with van der Waals surface area (Å²) in [5.74, 6) is 0.787. The Kier molecular flexibility index (Phi) is 4.78. The summed E-state index contributed by atoms with van der Waals surface area (Å²) in [4.78, 5) is 26.4. The molecule has 1 aromatic rings. The van der Waals surface area contributed by atoms with E-state index in [9.17, 15) is 9.59 Å². The van der Waals surface area contributed by atoms with Crippen LogP contribution >= 0.6 is 0 Å². The minimum Gasteiger partial charge on any atom is -0.367 e. The lowest BCUT2D eigenvalue weighted by Gasteiger charge is -2.35. The Morgan fingerprint density at radius 3 is 2.42 bits per heavy atom. The fraction of sp³-hybridized carbons (Fsp3) is 0.700. The van der Waals surface area contributed by atoms with Gasteiger partial charge in [-0.1, -0.05) is 6.42 Å². The molecule has 26 heavy (non-hydrogen) atoms. The van der Waals surface area contributed by atoms with Gasteiger partial charge in [0.05, 0.1) is 11.7 Å². The van der Waals surface area contributed by atoms with Crippen molar-refractivity contribution in [2.45, 2.75) is 63.1 Å². The van der Waals surface area contributed by atoms with Gasteiger partial charge in [0, 0.05) is 32.0 Å². The van der Waals surface area contributed by atoms with E-state index in [2.05, 4.69) is 4.57 Å². The van der Waals surface area contributed by atoms with Crippen LogP contribution in [0.2, 0.25) is 0 Å². The number of aryl methyl sites for hydroxylation is 1. The van der Waals surface area contributed by atoms with Gasteiger partial charge in [0.15, 0.2) is 0 Å². The van der Waals surface area contributed by atoms with E-state index in [4.69, 9.17) is 10.5 Å². The van der Waals surface area contributed by atoms with Crippen LogP contribution in [0.1, 0.15) is 66.9 Å². The zero-order valence-corrected chi connectivity index (χ0v) is 15.5. The van der Waals surface area contributed by atoms with Crippen LogP contribution in [0, 0.1) is 5.92 Å². The minimum atomic E-state index is -0.422. The molecule has 3 fully saturated rings. The summed E-state index contributed by atoms with van der Waals surface area (Å²) < 4.78 is 7.96. The van der Waals surface area contributed by atoms with Crippen LogP contribution in [-0.4, -0.2) is 46.6 Å². The van der Waals surface area contributed by atoms with Crippen LogP contribution in [0.15, 0.2) is 12.3 Å². The van der Waals surface area contributed by atoms with Gasteiger partial charge in [-0.2, -0.15) is 0 Å². The van der Waals surface area contributed by atoms with Crippen LogP contribution < -0.4 is 5.73 Å². The zero-order chi connectivity index (χ0) is 18.3. The number of rotatable bonds is 4. The van der Waals surface area contributed by atoms with Gasteiger partial charge in [-0.05, 0) is 56.4 Å². The Morgan fingerprint density at radius 1 is 1.12 bits per heavy atom. The van der Waals surface area contributed by atoms with Crippen molar-refractivity contribution in [3.63, 3.8) is 0 Å². The Hall–Kier alpha value is -1.82. The molecule has 1 aromatic heterocycles. The molecule has 1 aliphatic carbocycles. The lowest BCUT2D eigenvalue weighted by Crippen LogP contribution is -2.42. The van der Waals surface area contributed by atoms with Crippen LogP contribution in [0.25, 0.3) is 0 Å². The molecule has 6 heteroatoms. The average Bonchev–Trinajstić information content (AvgIpc) is 3.22. The number of nitrogens with zero attached hydrogens (tertiary/aromatic N) is 2. The number of primary amides is 1. The molecule has 0 spiro atoms. The summed E-state index contributed by atoms with van der Waals surface area (Å²) in [5.41, 5.74) is 7.46. The number of carbonyl (C=O) groups excluding carboxylic acids is 2. The number of ether oxygens (including phenoxy) is 1. The molecule has 0 radical (unpaired) electrons. The summed E-state index contributed by atoms with van der Waals surface area (Å²) in [7, 11) is 2.04. The Morgan fingerprint density at radius 2 is 1.85 bits per heavy atom. The second-order valence-corrected chi connectivity index (χ2v) is 8.13. The molecule has 6 nitrogen and oxygen atoms in total. The van der Waals surface area contributed by atoms with Gasteiger partial charge in [-0.15, -0.1) is 0 Å². The highest BCUT2D eigenvalue weighted by Crippen LogP contribution is 2.39. The molecule has 1 saturated carbocycles. The number of likely N-dealkylation sites (tertiary alicyclic amines) is 1. The highest BCUT2D eigenvalue weighted by atomic mass is 16.5. The average molecular weight is 359 g/mol. The van der Waals surface area contributed by atoms with Gasteiger partial charge in [0.1, 0.15) is 6.10 Å². The van der Waals surface area contributed by atoms with Crippen molar-refractivity contribution in [1.82, 2.24) is 9.47 Å². The molecular weight excluding hydrogens is 330 g/mol. The quantitative estimate of drug-likeness (QED) is 0.895. The van der Waals surface area contributed by atoms with Crippen molar-refractivity contribution in [2.75, 3.05) is 13.1 Å². The molecule has 0 bridgehead atoms. The molecule has 2 amide bonds. The number of carbonyl (C=O) groups is 2. The summed E-state index contributed by atoms with van der Waals surface area (Å²) in [5, 5.41) is 0. The fourth-order valence-electron chi connectivity index (χ4n) is 4.78. The molecule has 0 unspecified atom stereocenters. The third-order valence-electron chi connectivity index (χ3n) is 6.57. The van der Waals surface area contributed by atoms with Crippen LogP contribution in [0.4, 0.5) is 0 Å². The smallest absolute Gasteiger partial charge is 0.255 e. The van der Waals surface area contributed by atoms with Crippen LogP contribution in [0.5, 0.6) is 0 Å². The number of piperidine rings is 1. The molecule has 2 aliphatic heterocycles. The minimum absolute atomic E-state index is 0.118. The lowest BCUT2D eigenvalue weighted by molar-refractivity contribution is -0.130.